The average molecular weight is 268 g/mol. The second-order valence-electron chi connectivity index (χ2n) is 6.56. The van der Waals surface area contributed by atoms with E-state index >= 15 is 0 Å². The average Bonchev–Trinajstić information content (AvgIpc) is 2.39. The molecule has 0 aromatic carbocycles. The second kappa shape index (κ2) is 6.20. The van der Waals surface area contributed by atoms with Crippen LogP contribution in [0.2, 0.25) is 0 Å². The van der Waals surface area contributed by atoms with E-state index in [2.05, 4.69) is 35.9 Å². The van der Waals surface area contributed by atoms with E-state index < -0.39 is 0 Å². The predicted octanol–water partition coefficient (Wildman–Crippen LogP) is -0.166. The number of hydrogen-bond donors (Lipinski definition) is 1. The zero-order valence-electron chi connectivity index (χ0n) is 12.6. The van der Waals surface area contributed by atoms with Crippen molar-refractivity contribution in [3.63, 3.8) is 0 Å². The van der Waals surface area contributed by atoms with E-state index in [1.165, 1.54) is 0 Å². The molecule has 0 aliphatic carbocycles. The van der Waals surface area contributed by atoms with Crippen LogP contribution in [0.3, 0.4) is 0 Å². The van der Waals surface area contributed by atoms with Crippen molar-refractivity contribution in [3.05, 3.63) is 0 Å². The lowest BCUT2D eigenvalue weighted by atomic mass is 10.0. The third kappa shape index (κ3) is 4.16. The third-order valence-corrected chi connectivity index (χ3v) is 4.15. The molecule has 0 unspecified atom stereocenters. The van der Waals surface area contributed by atoms with Crippen molar-refractivity contribution < 1.29 is 4.79 Å². The zero-order valence-corrected chi connectivity index (χ0v) is 12.6. The Kier molecular flexibility index (Phi) is 4.81. The first-order chi connectivity index (χ1) is 8.97. The fourth-order valence-corrected chi connectivity index (χ4v) is 2.79. The van der Waals surface area contributed by atoms with E-state index in [9.17, 15) is 4.79 Å². The van der Waals surface area contributed by atoms with Crippen molar-refractivity contribution in [1.29, 1.82) is 0 Å². The van der Waals surface area contributed by atoms with Crippen molar-refractivity contribution in [1.82, 2.24) is 20.0 Å². The fourth-order valence-electron chi connectivity index (χ4n) is 2.79. The normalized spacial score (nSPS) is 23.6. The lowest BCUT2D eigenvalue weighted by molar-refractivity contribution is -0.135. The van der Waals surface area contributed by atoms with Crippen LogP contribution in [0, 0.1) is 0 Å². The summed E-state index contributed by atoms with van der Waals surface area (Å²) in [7, 11) is 0. The maximum atomic E-state index is 12.3. The number of rotatable bonds is 2. The van der Waals surface area contributed by atoms with Crippen LogP contribution in [0.25, 0.3) is 0 Å². The van der Waals surface area contributed by atoms with E-state index in [1.54, 1.807) is 0 Å². The number of carbonyl (C=O) groups is 1. The van der Waals surface area contributed by atoms with Gasteiger partial charge in [0.05, 0.1) is 6.54 Å². The maximum absolute atomic E-state index is 12.3. The van der Waals surface area contributed by atoms with Crippen LogP contribution in [0.5, 0.6) is 0 Å². The van der Waals surface area contributed by atoms with Crippen LogP contribution < -0.4 is 5.32 Å². The Morgan fingerprint density at radius 1 is 1.00 bits per heavy atom. The fraction of sp³-hybridized carbons (Fsp3) is 0.929. The zero-order chi connectivity index (χ0) is 13.9. The molecule has 0 aromatic heterocycles. The van der Waals surface area contributed by atoms with Crippen molar-refractivity contribution >= 4 is 5.91 Å². The van der Waals surface area contributed by atoms with Crippen LogP contribution in [-0.4, -0.2) is 85.0 Å². The van der Waals surface area contributed by atoms with Gasteiger partial charge in [-0.25, -0.2) is 0 Å². The molecule has 1 amide bonds. The van der Waals surface area contributed by atoms with Crippen molar-refractivity contribution in [2.75, 3.05) is 58.9 Å². The molecule has 0 atom stereocenters. The standard InChI is InChI=1S/C14H28N4O/c1-14(2,3)18-10-8-17(9-11-18)13(19)12-16-6-4-15-5-7-16/h15H,4-12H2,1-3H3. The minimum absolute atomic E-state index is 0.216. The number of piperazine rings is 2. The molecule has 2 fully saturated rings. The first-order valence-electron chi connectivity index (χ1n) is 7.43. The molecule has 2 aliphatic heterocycles. The molecule has 110 valence electrons. The van der Waals surface area contributed by atoms with Crippen molar-refractivity contribution in [2.24, 2.45) is 0 Å². The molecule has 2 rings (SSSR count). The Labute approximate surface area is 116 Å². The van der Waals surface area contributed by atoms with Gasteiger partial charge in [0.2, 0.25) is 5.91 Å². The van der Waals surface area contributed by atoms with Crippen LogP contribution in [-0.2, 0) is 4.79 Å². The molecule has 0 saturated carbocycles. The van der Waals surface area contributed by atoms with E-state index in [4.69, 9.17) is 0 Å². The van der Waals surface area contributed by atoms with Crippen LogP contribution >= 0.6 is 0 Å². The maximum Gasteiger partial charge on any atom is 0.236 e. The second-order valence-corrected chi connectivity index (χ2v) is 6.56. The Balaban J connectivity index is 1.76. The SMILES string of the molecule is CC(C)(C)N1CCN(C(=O)CN2CCNCC2)CC1. The van der Waals surface area contributed by atoms with E-state index in [1.807, 2.05) is 4.90 Å². The summed E-state index contributed by atoms with van der Waals surface area (Å²) in [6.07, 6.45) is 0. The summed E-state index contributed by atoms with van der Waals surface area (Å²) in [5, 5.41) is 3.32. The quantitative estimate of drug-likeness (QED) is 0.755. The largest absolute Gasteiger partial charge is 0.339 e. The number of hydrogen-bond acceptors (Lipinski definition) is 4. The molecular formula is C14H28N4O. The predicted molar refractivity (Wildman–Crippen MR) is 77.2 cm³/mol. The third-order valence-electron chi connectivity index (χ3n) is 4.15. The van der Waals surface area contributed by atoms with E-state index in [-0.39, 0.29) is 5.54 Å². The molecular weight excluding hydrogens is 240 g/mol. The van der Waals surface area contributed by atoms with Crippen LogP contribution in [0.4, 0.5) is 0 Å². The molecule has 0 bridgehead atoms. The lowest BCUT2D eigenvalue weighted by Crippen LogP contribution is -2.56. The highest BCUT2D eigenvalue weighted by molar-refractivity contribution is 5.78. The first kappa shape index (κ1) is 14.8. The molecule has 19 heavy (non-hydrogen) atoms. The molecule has 0 radical (unpaired) electrons. The van der Waals surface area contributed by atoms with Gasteiger partial charge in [0, 0.05) is 57.9 Å². The summed E-state index contributed by atoms with van der Waals surface area (Å²) in [6, 6.07) is 0. The monoisotopic (exact) mass is 268 g/mol. The summed E-state index contributed by atoms with van der Waals surface area (Å²) >= 11 is 0. The van der Waals surface area contributed by atoms with Gasteiger partial charge in [0.15, 0.2) is 0 Å². The van der Waals surface area contributed by atoms with Gasteiger partial charge in [0.25, 0.3) is 0 Å². The summed E-state index contributed by atoms with van der Waals surface area (Å²) in [4.78, 5) is 19.0. The van der Waals surface area contributed by atoms with Gasteiger partial charge in [-0.05, 0) is 20.8 Å². The number of nitrogens with zero attached hydrogens (tertiary/aromatic N) is 3. The number of nitrogens with one attached hydrogen (secondary N) is 1. The molecule has 0 aromatic rings. The highest BCUT2D eigenvalue weighted by Gasteiger charge is 2.28. The summed E-state index contributed by atoms with van der Waals surface area (Å²) in [6.45, 7) is 15.1. The highest BCUT2D eigenvalue weighted by atomic mass is 16.2. The first-order valence-corrected chi connectivity index (χ1v) is 7.43. The minimum atomic E-state index is 0.216. The minimum Gasteiger partial charge on any atom is -0.339 e. The van der Waals surface area contributed by atoms with Gasteiger partial charge < -0.3 is 10.2 Å². The summed E-state index contributed by atoms with van der Waals surface area (Å²) in [5.74, 6) is 0.301. The molecule has 5 heteroatoms. The van der Waals surface area contributed by atoms with E-state index in [0.717, 1.165) is 52.4 Å². The van der Waals surface area contributed by atoms with Crippen molar-refractivity contribution in [2.45, 2.75) is 26.3 Å². The van der Waals surface area contributed by atoms with Gasteiger partial charge in [-0.1, -0.05) is 0 Å². The lowest BCUT2D eigenvalue weighted by Gasteiger charge is -2.42. The van der Waals surface area contributed by atoms with Gasteiger partial charge in [-0.15, -0.1) is 0 Å². The Bertz CT molecular complexity index is 299. The number of amides is 1. The molecule has 2 saturated heterocycles. The molecule has 5 nitrogen and oxygen atoms in total. The number of carbonyl (C=O) groups excluding carboxylic acids is 1. The van der Waals surface area contributed by atoms with Gasteiger partial charge in [0.1, 0.15) is 0 Å². The smallest absolute Gasteiger partial charge is 0.236 e. The van der Waals surface area contributed by atoms with E-state index in [0.29, 0.717) is 12.5 Å². The Morgan fingerprint density at radius 3 is 2.11 bits per heavy atom. The molecule has 2 heterocycles. The van der Waals surface area contributed by atoms with Gasteiger partial charge >= 0.3 is 0 Å². The Hall–Kier alpha value is -0.650. The van der Waals surface area contributed by atoms with Crippen molar-refractivity contribution in [3.8, 4) is 0 Å². The topological polar surface area (TPSA) is 38.8 Å². The summed E-state index contributed by atoms with van der Waals surface area (Å²) < 4.78 is 0. The molecule has 0 spiro atoms. The van der Waals surface area contributed by atoms with Crippen LogP contribution in [0.1, 0.15) is 20.8 Å². The highest BCUT2D eigenvalue weighted by Crippen LogP contribution is 2.15. The molecule has 1 N–H and O–H groups in total. The van der Waals surface area contributed by atoms with Gasteiger partial charge in [-0.3, -0.25) is 14.6 Å². The molecule has 2 aliphatic rings. The van der Waals surface area contributed by atoms with Crippen LogP contribution in [0.15, 0.2) is 0 Å². The van der Waals surface area contributed by atoms with Gasteiger partial charge in [-0.2, -0.15) is 0 Å². The summed E-state index contributed by atoms with van der Waals surface area (Å²) in [5.41, 5.74) is 0.216. The Morgan fingerprint density at radius 2 is 1.58 bits per heavy atom.